The fraction of sp³-hybridized carbons (Fsp3) is 0.190. The van der Waals surface area contributed by atoms with Crippen LogP contribution in [0.5, 0.6) is 0 Å². The summed E-state index contributed by atoms with van der Waals surface area (Å²) >= 11 is 0. The second kappa shape index (κ2) is 7.78. The first-order valence-electron chi connectivity index (χ1n) is 8.43. The number of aromatic nitrogens is 1. The number of nitrogens with zero attached hydrogens (tertiary/aromatic N) is 1. The number of fused-ring (bicyclic) bond motifs is 1. The minimum absolute atomic E-state index is 0.336. The first kappa shape index (κ1) is 17.6. The van der Waals surface area contributed by atoms with Gasteiger partial charge < -0.3 is 10.1 Å². The molecule has 0 saturated heterocycles. The number of hydrogen-bond donors (Lipinski definition) is 1. The Morgan fingerprint density at radius 2 is 1.77 bits per heavy atom. The molecule has 0 fully saturated rings. The molecule has 5 nitrogen and oxygen atoms in total. The molecular weight excluding hydrogens is 328 g/mol. The molecule has 1 amide bonds. The summed E-state index contributed by atoms with van der Waals surface area (Å²) in [6, 6.07) is 18.6. The Kier molecular flexibility index (Phi) is 5.27. The van der Waals surface area contributed by atoms with Crippen molar-refractivity contribution in [2.45, 2.75) is 26.5 Å². The number of carbonyl (C=O) groups is 2. The van der Waals surface area contributed by atoms with Gasteiger partial charge in [0.1, 0.15) is 0 Å². The number of benzene rings is 2. The molecule has 0 radical (unpaired) electrons. The monoisotopic (exact) mass is 348 g/mol. The summed E-state index contributed by atoms with van der Waals surface area (Å²) in [4.78, 5) is 29.2. The van der Waals surface area contributed by atoms with Crippen LogP contribution in [0.2, 0.25) is 0 Å². The summed E-state index contributed by atoms with van der Waals surface area (Å²) in [5.41, 5.74) is 2.84. The Morgan fingerprint density at radius 3 is 2.54 bits per heavy atom. The van der Waals surface area contributed by atoms with Gasteiger partial charge in [0.15, 0.2) is 6.10 Å². The van der Waals surface area contributed by atoms with Gasteiger partial charge in [0, 0.05) is 17.6 Å². The van der Waals surface area contributed by atoms with Gasteiger partial charge in [-0.05, 0) is 31.5 Å². The van der Waals surface area contributed by atoms with Crippen molar-refractivity contribution in [1.82, 2.24) is 10.3 Å². The Bertz CT molecular complexity index is 938. The summed E-state index contributed by atoms with van der Waals surface area (Å²) in [5.74, 6) is -0.869. The number of hydrogen-bond acceptors (Lipinski definition) is 4. The largest absolute Gasteiger partial charge is 0.449 e. The summed E-state index contributed by atoms with van der Waals surface area (Å²) < 4.78 is 5.37. The number of nitrogens with one attached hydrogen (secondary N) is 1. The smallest absolute Gasteiger partial charge is 0.339 e. The number of carbonyl (C=O) groups excluding carboxylic acids is 2. The molecule has 1 heterocycles. The van der Waals surface area contributed by atoms with E-state index in [0.717, 1.165) is 16.8 Å². The quantitative estimate of drug-likeness (QED) is 0.718. The Hall–Kier alpha value is -3.21. The van der Waals surface area contributed by atoms with Crippen molar-refractivity contribution in [3.05, 3.63) is 77.5 Å². The second-order valence-corrected chi connectivity index (χ2v) is 6.08. The standard InChI is InChI=1S/C21H20N2O3/c1-14-12-18(17-10-6-7-11-19(17)23-14)21(25)26-15(2)20(24)22-13-16-8-4-3-5-9-16/h3-12,15H,13H2,1-2H3,(H,22,24). The van der Waals surface area contributed by atoms with Gasteiger partial charge in [0.25, 0.3) is 5.91 Å². The highest BCUT2D eigenvalue weighted by atomic mass is 16.5. The summed E-state index contributed by atoms with van der Waals surface area (Å²) in [5, 5.41) is 3.48. The van der Waals surface area contributed by atoms with Gasteiger partial charge in [-0.1, -0.05) is 48.5 Å². The van der Waals surface area contributed by atoms with Crippen LogP contribution in [0.15, 0.2) is 60.7 Å². The van der Waals surface area contributed by atoms with Gasteiger partial charge in [-0.3, -0.25) is 9.78 Å². The molecule has 0 aliphatic rings. The van der Waals surface area contributed by atoms with E-state index in [9.17, 15) is 9.59 Å². The maximum absolute atomic E-state index is 12.6. The van der Waals surface area contributed by atoms with Gasteiger partial charge in [0.2, 0.25) is 0 Å². The van der Waals surface area contributed by atoms with E-state index >= 15 is 0 Å². The van der Waals surface area contributed by atoms with Gasteiger partial charge in [0.05, 0.1) is 11.1 Å². The van der Waals surface area contributed by atoms with Crippen LogP contribution in [0.4, 0.5) is 0 Å². The molecule has 0 aliphatic heterocycles. The van der Waals surface area contributed by atoms with E-state index in [0.29, 0.717) is 17.5 Å². The lowest BCUT2D eigenvalue weighted by Crippen LogP contribution is -2.35. The second-order valence-electron chi connectivity index (χ2n) is 6.08. The Balaban J connectivity index is 1.68. The summed E-state index contributed by atoms with van der Waals surface area (Å²) in [7, 11) is 0. The molecule has 2 aromatic carbocycles. The van der Waals surface area contributed by atoms with E-state index < -0.39 is 12.1 Å². The number of amides is 1. The Labute approximate surface area is 152 Å². The van der Waals surface area contributed by atoms with Crippen molar-refractivity contribution in [3.63, 3.8) is 0 Å². The predicted octanol–water partition coefficient (Wildman–Crippen LogP) is 3.40. The first-order valence-corrected chi connectivity index (χ1v) is 8.43. The molecule has 1 aromatic heterocycles. The topological polar surface area (TPSA) is 68.3 Å². The maximum Gasteiger partial charge on any atom is 0.339 e. The molecule has 0 bridgehead atoms. The number of pyridine rings is 1. The lowest BCUT2D eigenvalue weighted by molar-refractivity contribution is -0.129. The van der Waals surface area contributed by atoms with Crippen molar-refractivity contribution in [1.29, 1.82) is 0 Å². The fourth-order valence-electron chi connectivity index (χ4n) is 2.68. The molecular formula is C21H20N2O3. The zero-order valence-electron chi connectivity index (χ0n) is 14.7. The van der Waals surface area contributed by atoms with E-state index in [4.69, 9.17) is 4.74 Å². The van der Waals surface area contributed by atoms with Gasteiger partial charge in [-0.2, -0.15) is 0 Å². The highest BCUT2D eigenvalue weighted by Crippen LogP contribution is 2.19. The zero-order chi connectivity index (χ0) is 18.5. The van der Waals surface area contributed by atoms with Crippen LogP contribution in [0.1, 0.15) is 28.5 Å². The number of para-hydroxylation sites is 1. The lowest BCUT2D eigenvalue weighted by Gasteiger charge is -2.14. The summed E-state index contributed by atoms with van der Waals surface area (Å²) in [6.45, 7) is 3.77. The van der Waals surface area contributed by atoms with Crippen molar-refractivity contribution in [3.8, 4) is 0 Å². The predicted molar refractivity (Wildman–Crippen MR) is 99.6 cm³/mol. The van der Waals surface area contributed by atoms with Gasteiger partial charge in [-0.25, -0.2) is 4.79 Å². The van der Waals surface area contributed by atoms with Crippen molar-refractivity contribution >= 4 is 22.8 Å². The first-order chi connectivity index (χ1) is 12.5. The minimum Gasteiger partial charge on any atom is -0.449 e. The molecule has 0 aliphatic carbocycles. The number of ether oxygens (including phenoxy) is 1. The van der Waals surface area contributed by atoms with Crippen LogP contribution in [0.25, 0.3) is 10.9 Å². The summed E-state index contributed by atoms with van der Waals surface area (Å²) in [6.07, 6.45) is -0.890. The Morgan fingerprint density at radius 1 is 1.08 bits per heavy atom. The highest BCUT2D eigenvalue weighted by Gasteiger charge is 2.20. The molecule has 0 saturated carbocycles. The van der Waals surface area contributed by atoms with Crippen LogP contribution >= 0.6 is 0 Å². The molecule has 26 heavy (non-hydrogen) atoms. The fourth-order valence-corrected chi connectivity index (χ4v) is 2.68. The normalized spacial score (nSPS) is 11.8. The van der Waals surface area contributed by atoms with E-state index in [1.807, 2.05) is 61.5 Å². The third-order valence-corrected chi connectivity index (χ3v) is 4.03. The van der Waals surface area contributed by atoms with Crippen molar-refractivity contribution in [2.75, 3.05) is 0 Å². The molecule has 3 aromatic rings. The van der Waals surface area contributed by atoms with Crippen LogP contribution in [-0.2, 0) is 16.1 Å². The third-order valence-electron chi connectivity index (χ3n) is 4.03. The molecule has 5 heteroatoms. The molecule has 132 valence electrons. The number of esters is 1. The number of rotatable bonds is 5. The molecule has 1 N–H and O–H groups in total. The van der Waals surface area contributed by atoms with Gasteiger partial charge in [-0.15, -0.1) is 0 Å². The SMILES string of the molecule is Cc1cc(C(=O)OC(C)C(=O)NCc2ccccc2)c2ccccc2n1. The molecule has 1 unspecified atom stereocenters. The number of aryl methyl sites for hydroxylation is 1. The minimum atomic E-state index is -0.890. The van der Waals surface area contributed by atoms with E-state index in [-0.39, 0.29) is 5.91 Å². The average molecular weight is 348 g/mol. The molecule has 0 spiro atoms. The molecule has 1 atom stereocenters. The zero-order valence-corrected chi connectivity index (χ0v) is 14.7. The molecule has 3 rings (SSSR count). The van der Waals surface area contributed by atoms with Crippen molar-refractivity contribution < 1.29 is 14.3 Å². The van der Waals surface area contributed by atoms with Crippen LogP contribution in [0.3, 0.4) is 0 Å². The van der Waals surface area contributed by atoms with E-state index in [1.54, 1.807) is 13.0 Å². The third kappa shape index (κ3) is 4.06. The van der Waals surface area contributed by atoms with E-state index in [1.165, 1.54) is 0 Å². The highest BCUT2D eigenvalue weighted by molar-refractivity contribution is 6.04. The van der Waals surface area contributed by atoms with E-state index in [2.05, 4.69) is 10.3 Å². The lowest BCUT2D eigenvalue weighted by atomic mass is 10.1. The van der Waals surface area contributed by atoms with Crippen LogP contribution < -0.4 is 5.32 Å². The maximum atomic E-state index is 12.6. The average Bonchev–Trinajstić information content (AvgIpc) is 2.66. The van der Waals surface area contributed by atoms with Crippen LogP contribution in [-0.4, -0.2) is 23.0 Å². The van der Waals surface area contributed by atoms with Crippen LogP contribution in [0, 0.1) is 6.92 Å². The van der Waals surface area contributed by atoms with Gasteiger partial charge >= 0.3 is 5.97 Å². The van der Waals surface area contributed by atoms with Crippen molar-refractivity contribution in [2.24, 2.45) is 0 Å².